The van der Waals surface area contributed by atoms with E-state index in [2.05, 4.69) is 15.7 Å². The first-order valence-corrected chi connectivity index (χ1v) is 6.11. The SMILES string of the molecule is Cc1nn(C)c(C)c1CNC(=O)NCc1ccco1. The summed E-state index contributed by atoms with van der Waals surface area (Å²) in [7, 11) is 1.89. The maximum absolute atomic E-state index is 11.6. The molecule has 0 aromatic carbocycles. The Morgan fingerprint density at radius 1 is 1.37 bits per heavy atom. The molecule has 0 unspecified atom stereocenters. The molecule has 2 heterocycles. The summed E-state index contributed by atoms with van der Waals surface area (Å²) in [6, 6.07) is 3.38. The van der Waals surface area contributed by atoms with Crippen LogP contribution in [0.25, 0.3) is 0 Å². The van der Waals surface area contributed by atoms with Crippen molar-refractivity contribution in [3.63, 3.8) is 0 Å². The molecule has 0 saturated carbocycles. The van der Waals surface area contributed by atoms with Crippen molar-refractivity contribution < 1.29 is 9.21 Å². The second-order valence-corrected chi connectivity index (χ2v) is 4.39. The van der Waals surface area contributed by atoms with Gasteiger partial charge in [-0.15, -0.1) is 0 Å². The fourth-order valence-electron chi connectivity index (χ4n) is 1.89. The molecule has 19 heavy (non-hydrogen) atoms. The molecular formula is C13H18N4O2. The summed E-state index contributed by atoms with van der Waals surface area (Å²) in [4.78, 5) is 11.6. The van der Waals surface area contributed by atoms with Gasteiger partial charge in [0.25, 0.3) is 0 Å². The van der Waals surface area contributed by atoms with Crippen molar-refractivity contribution in [3.8, 4) is 0 Å². The Labute approximate surface area is 111 Å². The van der Waals surface area contributed by atoms with E-state index in [9.17, 15) is 4.79 Å². The first-order valence-electron chi connectivity index (χ1n) is 6.11. The second-order valence-electron chi connectivity index (χ2n) is 4.39. The summed E-state index contributed by atoms with van der Waals surface area (Å²) in [6.07, 6.45) is 1.58. The lowest BCUT2D eigenvalue weighted by Gasteiger charge is -2.07. The lowest BCUT2D eigenvalue weighted by Crippen LogP contribution is -2.34. The van der Waals surface area contributed by atoms with E-state index in [1.165, 1.54) is 0 Å². The normalized spacial score (nSPS) is 10.5. The van der Waals surface area contributed by atoms with E-state index in [1.54, 1.807) is 12.3 Å². The third-order valence-corrected chi connectivity index (χ3v) is 3.09. The predicted octanol–water partition coefficient (Wildman–Crippen LogP) is 1.63. The smallest absolute Gasteiger partial charge is 0.315 e. The van der Waals surface area contributed by atoms with Gasteiger partial charge >= 0.3 is 6.03 Å². The van der Waals surface area contributed by atoms with Gasteiger partial charge in [-0.1, -0.05) is 0 Å². The summed E-state index contributed by atoms with van der Waals surface area (Å²) in [5.74, 6) is 0.726. The standard InChI is InChI=1S/C13H18N4O2/c1-9-12(10(2)17(3)16-9)8-15-13(18)14-7-11-5-4-6-19-11/h4-6H,7-8H2,1-3H3,(H2,14,15,18). The minimum atomic E-state index is -0.223. The molecule has 6 nitrogen and oxygen atoms in total. The summed E-state index contributed by atoms with van der Waals surface area (Å²) >= 11 is 0. The molecule has 0 aliphatic rings. The van der Waals surface area contributed by atoms with Crippen molar-refractivity contribution >= 4 is 6.03 Å². The average molecular weight is 262 g/mol. The first-order chi connectivity index (χ1) is 9.08. The maximum atomic E-state index is 11.6. The van der Waals surface area contributed by atoms with E-state index in [0.717, 1.165) is 22.7 Å². The van der Waals surface area contributed by atoms with Crippen molar-refractivity contribution in [2.45, 2.75) is 26.9 Å². The molecule has 0 radical (unpaired) electrons. The number of carbonyl (C=O) groups excluding carboxylic acids is 1. The molecule has 2 N–H and O–H groups in total. The van der Waals surface area contributed by atoms with Crippen molar-refractivity contribution in [2.24, 2.45) is 7.05 Å². The Balaban J connectivity index is 1.83. The second kappa shape index (κ2) is 5.60. The van der Waals surface area contributed by atoms with Crippen LogP contribution in [0, 0.1) is 13.8 Å². The van der Waals surface area contributed by atoms with E-state index < -0.39 is 0 Å². The number of aromatic nitrogens is 2. The zero-order valence-electron chi connectivity index (χ0n) is 11.4. The van der Waals surface area contributed by atoms with E-state index >= 15 is 0 Å². The molecule has 0 atom stereocenters. The minimum absolute atomic E-state index is 0.223. The molecule has 2 aromatic rings. The Kier molecular flexibility index (Phi) is 3.89. The highest BCUT2D eigenvalue weighted by molar-refractivity contribution is 5.73. The Morgan fingerprint density at radius 2 is 2.11 bits per heavy atom. The van der Waals surface area contributed by atoms with Gasteiger partial charge in [0.05, 0.1) is 18.5 Å². The number of hydrogen-bond donors (Lipinski definition) is 2. The fourth-order valence-corrected chi connectivity index (χ4v) is 1.89. The molecule has 2 rings (SSSR count). The van der Waals surface area contributed by atoms with Crippen LogP contribution in [0.15, 0.2) is 22.8 Å². The molecule has 6 heteroatoms. The van der Waals surface area contributed by atoms with Crippen LogP contribution in [0.5, 0.6) is 0 Å². The van der Waals surface area contributed by atoms with E-state index in [1.807, 2.05) is 31.6 Å². The van der Waals surface area contributed by atoms with Crippen molar-refractivity contribution in [2.75, 3.05) is 0 Å². The lowest BCUT2D eigenvalue weighted by atomic mass is 10.2. The zero-order chi connectivity index (χ0) is 13.8. The maximum Gasteiger partial charge on any atom is 0.315 e. The van der Waals surface area contributed by atoms with Crippen molar-refractivity contribution in [1.29, 1.82) is 0 Å². The molecule has 0 fully saturated rings. The highest BCUT2D eigenvalue weighted by Crippen LogP contribution is 2.10. The van der Waals surface area contributed by atoms with Crippen molar-refractivity contribution in [3.05, 3.63) is 41.1 Å². The number of hydrogen-bond acceptors (Lipinski definition) is 3. The van der Waals surface area contributed by atoms with E-state index in [0.29, 0.717) is 13.1 Å². The van der Waals surface area contributed by atoms with Gasteiger partial charge in [-0.3, -0.25) is 4.68 Å². The fraction of sp³-hybridized carbons (Fsp3) is 0.385. The topological polar surface area (TPSA) is 72.1 Å². The van der Waals surface area contributed by atoms with Crippen molar-refractivity contribution in [1.82, 2.24) is 20.4 Å². The number of aryl methyl sites for hydroxylation is 2. The van der Waals surface area contributed by atoms with Crippen LogP contribution in [-0.2, 0) is 20.1 Å². The predicted molar refractivity (Wildman–Crippen MR) is 70.5 cm³/mol. The largest absolute Gasteiger partial charge is 0.467 e. The van der Waals surface area contributed by atoms with Crippen LogP contribution >= 0.6 is 0 Å². The molecule has 0 spiro atoms. The molecule has 0 bridgehead atoms. The molecule has 102 valence electrons. The van der Waals surface area contributed by atoms with Gasteiger partial charge in [0.1, 0.15) is 5.76 Å². The molecule has 0 aliphatic carbocycles. The molecule has 2 aromatic heterocycles. The van der Waals surface area contributed by atoms with Crippen LogP contribution in [0.3, 0.4) is 0 Å². The Bertz CT molecular complexity index is 557. The van der Waals surface area contributed by atoms with Gasteiger partial charge < -0.3 is 15.1 Å². The highest BCUT2D eigenvalue weighted by Gasteiger charge is 2.10. The Morgan fingerprint density at radius 3 is 2.68 bits per heavy atom. The number of furan rings is 1. The van der Waals surface area contributed by atoms with Gasteiger partial charge in [0.2, 0.25) is 0 Å². The average Bonchev–Trinajstić information content (AvgIpc) is 2.96. The van der Waals surface area contributed by atoms with Gasteiger partial charge in [-0.05, 0) is 26.0 Å². The van der Waals surface area contributed by atoms with Crippen LogP contribution in [-0.4, -0.2) is 15.8 Å². The van der Waals surface area contributed by atoms with Crippen LogP contribution < -0.4 is 10.6 Å². The summed E-state index contributed by atoms with van der Waals surface area (Å²) < 4.78 is 6.95. The Hall–Kier alpha value is -2.24. The molecule has 0 aliphatic heterocycles. The zero-order valence-corrected chi connectivity index (χ0v) is 11.4. The quantitative estimate of drug-likeness (QED) is 0.879. The summed E-state index contributed by atoms with van der Waals surface area (Å²) in [5, 5.41) is 9.85. The molecule has 0 saturated heterocycles. The minimum Gasteiger partial charge on any atom is -0.467 e. The molecule has 2 amide bonds. The number of nitrogens with zero attached hydrogens (tertiary/aromatic N) is 2. The number of carbonyl (C=O) groups is 1. The third kappa shape index (κ3) is 3.15. The van der Waals surface area contributed by atoms with Crippen LogP contribution in [0.1, 0.15) is 22.7 Å². The van der Waals surface area contributed by atoms with Gasteiger partial charge in [-0.25, -0.2) is 4.79 Å². The van der Waals surface area contributed by atoms with E-state index in [4.69, 9.17) is 4.42 Å². The van der Waals surface area contributed by atoms with Crippen LogP contribution in [0.4, 0.5) is 4.79 Å². The van der Waals surface area contributed by atoms with E-state index in [-0.39, 0.29) is 6.03 Å². The number of nitrogens with one attached hydrogen (secondary N) is 2. The lowest BCUT2D eigenvalue weighted by molar-refractivity contribution is 0.239. The monoisotopic (exact) mass is 262 g/mol. The number of amides is 2. The number of urea groups is 1. The third-order valence-electron chi connectivity index (χ3n) is 3.09. The van der Waals surface area contributed by atoms with Crippen LogP contribution in [0.2, 0.25) is 0 Å². The summed E-state index contributed by atoms with van der Waals surface area (Å²) in [6.45, 7) is 4.77. The molecular weight excluding hydrogens is 244 g/mol. The first kappa shape index (κ1) is 13.2. The van der Waals surface area contributed by atoms with Gasteiger partial charge in [-0.2, -0.15) is 5.10 Å². The van der Waals surface area contributed by atoms with Gasteiger partial charge in [0, 0.05) is 24.8 Å². The highest BCUT2D eigenvalue weighted by atomic mass is 16.3. The van der Waals surface area contributed by atoms with Gasteiger partial charge in [0.15, 0.2) is 0 Å². The summed E-state index contributed by atoms with van der Waals surface area (Å²) in [5.41, 5.74) is 3.05. The number of rotatable bonds is 4.